The molecule has 0 aliphatic heterocycles. The van der Waals surface area contributed by atoms with E-state index in [1.54, 1.807) is 30.3 Å². The number of hydrogen-bond acceptors (Lipinski definition) is 8. The molecule has 32 heavy (non-hydrogen) atoms. The van der Waals surface area contributed by atoms with Crippen molar-refractivity contribution in [1.82, 2.24) is 5.01 Å². The van der Waals surface area contributed by atoms with Crippen molar-refractivity contribution >= 4 is 23.8 Å². The Balaban J connectivity index is 3.00. The van der Waals surface area contributed by atoms with Crippen LogP contribution < -0.4 is 11.5 Å². The van der Waals surface area contributed by atoms with Crippen LogP contribution in [0.15, 0.2) is 35.3 Å². The number of guanidine groups is 1. The van der Waals surface area contributed by atoms with Crippen LogP contribution in [0, 0.1) is 16.0 Å². The predicted molar refractivity (Wildman–Crippen MR) is 114 cm³/mol. The topological polar surface area (TPSA) is 180 Å². The van der Waals surface area contributed by atoms with Gasteiger partial charge in [-0.05, 0) is 29.8 Å². The molecule has 0 bridgehead atoms. The molecule has 0 saturated heterocycles. The van der Waals surface area contributed by atoms with Gasteiger partial charge in [-0.2, -0.15) is 0 Å². The fourth-order valence-corrected chi connectivity index (χ4v) is 2.79. The second-order valence-electron chi connectivity index (χ2n) is 6.99. The van der Waals surface area contributed by atoms with E-state index in [0.29, 0.717) is 5.56 Å². The molecule has 0 aliphatic carbocycles. The van der Waals surface area contributed by atoms with Gasteiger partial charge in [0.1, 0.15) is 6.61 Å². The summed E-state index contributed by atoms with van der Waals surface area (Å²) in [6.07, 6.45) is 0.0240. The van der Waals surface area contributed by atoms with Crippen molar-refractivity contribution < 1.29 is 28.9 Å². The lowest BCUT2D eigenvalue weighted by molar-refractivity contribution is -0.641. The maximum Gasteiger partial charge on any atom is 0.335 e. The van der Waals surface area contributed by atoms with Crippen molar-refractivity contribution in [3.8, 4) is 0 Å². The average molecular weight is 451 g/mol. The van der Waals surface area contributed by atoms with Gasteiger partial charge >= 0.3 is 11.9 Å². The van der Waals surface area contributed by atoms with Crippen LogP contribution in [0.25, 0.3) is 0 Å². The number of aliphatic imine (C=N–C) groups is 1. The van der Waals surface area contributed by atoms with Gasteiger partial charge in [0.25, 0.3) is 5.91 Å². The Morgan fingerprint density at radius 2 is 1.84 bits per heavy atom. The summed E-state index contributed by atoms with van der Waals surface area (Å²) < 4.78 is 9.78. The van der Waals surface area contributed by atoms with Crippen molar-refractivity contribution in [2.45, 2.75) is 45.3 Å². The second kappa shape index (κ2) is 13.6. The Morgan fingerprint density at radius 3 is 2.41 bits per heavy atom. The summed E-state index contributed by atoms with van der Waals surface area (Å²) in [6, 6.07) is 7.27. The van der Waals surface area contributed by atoms with Gasteiger partial charge in [-0.1, -0.05) is 37.3 Å². The number of carbonyl (C=O) groups is 3. The Hall–Kier alpha value is -3.70. The zero-order chi connectivity index (χ0) is 24.1. The van der Waals surface area contributed by atoms with E-state index in [1.807, 2.05) is 0 Å². The number of carbonyl (C=O) groups excluding carboxylic acids is 3. The smallest absolute Gasteiger partial charge is 0.335 e. The van der Waals surface area contributed by atoms with E-state index in [2.05, 4.69) is 9.73 Å². The standard InChI is InChI=1S/C20H29N5O7/c1-14(10-11-17(26)31-2)18(27)24(25(29)30)16(9-6-12-23-20(21)22)19(28)32-13-15-7-4-3-5-8-15/h3-5,7-8,14,16H,6,9-13H2,1-2H3,(H4,21,22,23)/t14?,16-/m0/s1. The summed E-state index contributed by atoms with van der Waals surface area (Å²) in [5.74, 6) is -3.45. The monoisotopic (exact) mass is 451 g/mol. The molecule has 0 aliphatic rings. The quantitative estimate of drug-likeness (QED) is 0.109. The zero-order valence-electron chi connectivity index (χ0n) is 18.1. The molecular formula is C20H29N5O7. The number of benzene rings is 1. The lowest BCUT2D eigenvalue weighted by Crippen LogP contribution is -2.51. The number of amides is 1. The van der Waals surface area contributed by atoms with Crippen molar-refractivity contribution in [2.24, 2.45) is 22.4 Å². The Bertz CT molecular complexity index is 812. The SMILES string of the molecule is COC(=O)CCC(C)C(=O)N([C@@H](CCCN=C(N)N)C(=O)OCc1ccccc1)[N+](=O)[O-]. The highest BCUT2D eigenvalue weighted by Gasteiger charge is 2.41. The lowest BCUT2D eigenvalue weighted by Gasteiger charge is -2.23. The third-order valence-corrected chi connectivity index (χ3v) is 4.55. The number of ether oxygens (including phenoxy) is 2. The van der Waals surface area contributed by atoms with E-state index in [0.717, 1.165) is 0 Å². The molecule has 0 heterocycles. The van der Waals surface area contributed by atoms with Crippen molar-refractivity contribution in [3.05, 3.63) is 46.0 Å². The highest BCUT2D eigenvalue weighted by atomic mass is 16.7. The molecule has 0 saturated carbocycles. The van der Waals surface area contributed by atoms with Crippen molar-refractivity contribution in [1.29, 1.82) is 0 Å². The van der Waals surface area contributed by atoms with Gasteiger partial charge in [0.05, 0.1) is 7.11 Å². The van der Waals surface area contributed by atoms with Gasteiger partial charge in [0.2, 0.25) is 0 Å². The molecule has 12 heteroatoms. The summed E-state index contributed by atoms with van der Waals surface area (Å²) in [5.41, 5.74) is 11.2. The molecule has 1 aromatic carbocycles. The number of methoxy groups -OCH3 is 1. The molecule has 1 amide bonds. The number of nitrogens with zero attached hydrogens (tertiary/aromatic N) is 3. The van der Waals surface area contributed by atoms with Gasteiger partial charge in [-0.15, -0.1) is 0 Å². The van der Waals surface area contributed by atoms with E-state index in [-0.39, 0.29) is 49.8 Å². The molecule has 0 spiro atoms. The van der Waals surface area contributed by atoms with Crippen molar-refractivity contribution in [3.63, 3.8) is 0 Å². The van der Waals surface area contributed by atoms with Crippen LogP contribution >= 0.6 is 0 Å². The highest BCUT2D eigenvalue weighted by Crippen LogP contribution is 2.18. The minimum atomic E-state index is -1.49. The number of hydrogen-bond donors (Lipinski definition) is 2. The summed E-state index contributed by atoms with van der Waals surface area (Å²) >= 11 is 0. The third-order valence-electron chi connectivity index (χ3n) is 4.55. The molecule has 2 atom stereocenters. The molecule has 1 unspecified atom stereocenters. The van der Waals surface area contributed by atoms with Gasteiger partial charge in [0, 0.05) is 18.9 Å². The summed E-state index contributed by atoms with van der Waals surface area (Å²) in [6.45, 7) is 1.44. The molecule has 1 rings (SSSR count). The first-order valence-corrected chi connectivity index (χ1v) is 9.97. The first-order valence-electron chi connectivity index (χ1n) is 9.97. The van der Waals surface area contributed by atoms with Crippen LogP contribution in [0.4, 0.5) is 0 Å². The van der Waals surface area contributed by atoms with Crippen LogP contribution in [-0.2, 0) is 30.5 Å². The van der Waals surface area contributed by atoms with E-state index < -0.39 is 34.8 Å². The van der Waals surface area contributed by atoms with Crippen LogP contribution in [0.3, 0.4) is 0 Å². The van der Waals surface area contributed by atoms with E-state index in [4.69, 9.17) is 16.2 Å². The van der Waals surface area contributed by atoms with Gasteiger partial charge < -0.3 is 20.9 Å². The average Bonchev–Trinajstić information content (AvgIpc) is 2.77. The van der Waals surface area contributed by atoms with Gasteiger partial charge in [0.15, 0.2) is 17.0 Å². The molecule has 12 nitrogen and oxygen atoms in total. The Morgan fingerprint density at radius 1 is 1.19 bits per heavy atom. The largest absolute Gasteiger partial charge is 0.469 e. The van der Waals surface area contributed by atoms with Crippen molar-refractivity contribution in [2.75, 3.05) is 13.7 Å². The first kappa shape index (κ1) is 26.3. The minimum Gasteiger partial charge on any atom is -0.469 e. The predicted octanol–water partition coefficient (Wildman–Crippen LogP) is 0.762. The fourth-order valence-electron chi connectivity index (χ4n) is 2.79. The maximum atomic E-state index is 12.8. The molecule has 0 radical (unpaired) electrons. The van der Waals surface area contributed by atoms with Crippen LogP contribution in [0.2, 0.25) is 0 Å². The first-order chi connectivity index (χ1) is 15.2. The van der Waals surface area contributed by atoms with Gasteiger partial charge in [-0.3, -0.25) is 14.6 Å². The number of rotatable bonds is 13. The fraction of sp³-hybridized carbons (Fsp3) is 0.500. The number of esters is 2. The second-order valence-corrected chi connectivity index (χ2v) is 6.99. The molecular weight excluding hydrogens is 422 g/mol. The Labute approximate surface area is 185 Å². The van der Waals surface area contributed by atoms with Crippen LogP contribution in [0.5, 0.6) is 0 Å². The highest BCUT2D eigenvalue weighted by molar-refractivity contribution is 5.85. The molecule has 1 aromatic rings. The number of nitro groups is 1. The Kier molecular flexibility index (Phi) is 11.2. The molecule has 0 aromatic heterocycles. The summed E-state index contributed by atoms with van der Waals surface area (Å²) in [5, 5.41) is 11.1. The normalized spacial score (nSPS) is 12.2. The number of hydrazine groups is 1. The molecule has 4 N–H and O–H groups in total. The van der Waals surface area contributed by atoms with E-state index in [1.165, 1.54) is 14.0 Å². The lowest BCUT2D eigenvalue weighted by atomic mass is 10.0. The summed E-state index contributed by atoms with van der Waals surface area (Å²) in [7, 11) is 1.20. The van der Waals surface area contributed by atoms with Gasteiger partial charge in [-0.25, -0.2) is 14.9 Å². The molecule has 176 valence electrons. The summed E-state index contributed by atoms with van der Waals surface area (Å²) in [4.78, 5) is 52.4. The van der Waals surface area contributed by atoms with E-state index in [9.17, 15) is 24.5 Å². The van der Waals surface area contributed by atoms with E-state index >= 15 is 0 Å². The zero-order valence-corrected chi connectivity index (χ0v) is 18.1. The van der Waals surface area contributed by atoms with Crippen LogP contribution in [0.1, 0.15) is 38.2 Å². The minimum absolute atomic E-state index is 0.0234. The maximum absolute atomic E-state index is 12.8. The number of nitrogens with two attached hydrogens (primary N) is 2. The van der Waals surface area contributed by atoms with Crippen LogP contribution in [-0.4, -0.2) is 53.5 Å². The molecule has 0 fully saturated rings. The third kappa shape index (κ3) is 8.98.